The number of hydrogen-bond acceptors (Lipinski definition) is 6. The van der Waals surface area contributed by atoms with E-state index >= 15 is 0 Å². The van der Waals surface area contributed by atoms with Crippen molar-refractivity contribution in [2.45, 2.75) is 38.3 Å². The number of aromatic nitrogens is 3. The van der Waals surface area contributed by atoms with Crippen molar-refractivity contribution in [3.05, 3.63) is 65.4 Å². The molecule has 29 heavy (non-hydrogen) atoms. The van der Waals surface area contributed by atoms with Crippen LogP contribution in [0.25, 0.3) is 10.8 Å². The third-order valence-electron chi connectivity index (χ3n) is 5.11. The summed E-state index contributed by atoms with van der Waals surface area (Å²) in [7, 11) is 0. The van der Waals surface area contributed by atoms with Crippen molar-refractivity contribution in [3.63, 3.8) is 0 Å². The Balaban J connectivity index is 1.46. The smallest absolute Gasteiger partial charge is 0.222 e. The third-order valence-corrected chi connectivity index (χ3v) is 6.00. The molecule has 0 spiro atoms. The average molecular weight is 408 g/mol. The zero-order valence-electron chi connectivity index (χ0n) is 16.3. The summed E-state index contributed by atoms with van der Waals surface area (Å²) in [5.74, 6) is 0.918. The van der Waals surface area contributed by atoms with Crippen LogP contribution in [0.4, 0.5) is 0 Å². The summed E-state index contributed by atoms with van der Waals surface area (Å²) < 4.78 is 0. The summed E-state index contributed by atoms with van der Waals surface area (Å²) >= 11 is 1.55. The van der Waals surface area contributed by atoms with Gasteiger partial charge in [0.2, 0.25) is 5.91 Å². The van der Waals surface area contributed by atoms with Gasteiger partial charge in [0.25, 0.3) is 0 Å². The van der Waals surface area contributed by atoms with E-state index in [2.05, 4.69) is 32.4 Å². The molecule has 1 amide bonds. The molecule has 1 atom stereocenters. The molecular formula is C22H25N5OS. The average Bonchev–Trinajstić information content (AvgIpc) is 3.16. The molecule has 3 heterocycles. The minimum Gasteiger partial charge on any atom is -0.341 e. The zero-order valence-corrected chi connectivity index (χ0v) is 17.1. The van der Waals surface area contributed by atoms with Gasteiger partial charge in [0.1, 0.15) is 0 Å². The lowest BCUT2D eigenvalue weighted by Crippen LogP contribution is -2.38. The van der Waals surface area contributed by atoms with Gasteiger partial charge in [-0.2, -0.15) is 0 Å². The molecule has 1 fully saturated rings. The quantitative estimate of drug-likeness (QED) is 0.644. The van der Waals surface area contributed by atoms with Crippen LogP contribution in [0.15, 0.2) is 54.2 Å². The van der Waals surface area contributed by atoms with Crippen LogP contribution in [0, 0.1) is 0 Å². The lowest BCUT2D eigenvalue weighted by atomic mass is 10.1. The van der Waals surface area contributed by atoms with Gasteiger partial charge < -0.3 is 10.2 Å². The lowest BCUT2D eigenvalue weighted by molar-refractivity contribution is -0.131. The highest BCUT2D eigenvalue weighted by molar-refractivity contribution is 7.13. The molecule has 0 saturated carbocycles. The number of carbonyl (C=O) groups is 1. The highest BCUT2D eigenvalue weighted by Crippen LogP contribution is 2.22. The molecule has 1 aromatic carbocycles. The molecule has 1 saturated heterocycles. The fraction of sp³-hybridized carbons (Fsp3) is 0.364. The molecule has 2 aromatic heterocycles. The Bertz CT molecular complexity index is 915. The predicted molar refractivity (Wildman–Crippen MR) is 114 cm³/mol. The standard InChI is InChI=1S/C22H25N5OS/c28-20-10-5-2-6-13-27(20)15-19(17-8-3-1-4-9-17)25-14-18-16-29-22(26-18)21-23-11-7-12-24-21/h1,3-4,7-9,11-12,16,19,25H,2,5-6,10,13-15H2/t19-/m1/s1. The van der Waals surface area contributed by atoms with E-state index in [1.54, 1.807) is 29.8 Å². The zero-order chi connectivity index (χ0) is 19.9. The van der Waals surface area contributed by atoms with Crippen molar-refractivity contribution in [2.24, 2.45) is 0 Å². The van der Waals surface area contributed by atoms with Crippen LogP contribution in [0.2, 0.25) is 0 Å². The number of hydrogen-bond donors (Lipinski definition) is 1. The van der Waals surface area contributed by atoms with Crippen molar-refractivity contribution in [3.8, 4) is 10.8 Å². The van der Waals surface area contributed by atoms with E-state index in [0.717, 1.165) is 36.5 Å². The SMILES string of the molecule is O=C1CCCCCN1C[C@@H](NCc1csc(-c2ncccn2)n1)c1ccccc1. The topological polar surface area (TPSA) is 71.0 Å². The molecule has 4 rings (SSSR count). The van der Waals surface area contributed by atoms with Crippen LogP contribution in [0.1, 0.15) is 43.0 Å². The molecule has 0 unspecified atom stereocenters. The Labute approximate surface area is 175 Å². The first-order valence-electron chi connectivity index (χ1n) is 10.1. The molecule has 0 bridgehead atoms. The third kappa shape index (κ3) is 5.25. The predicted octanol–water partition coefficient (Wildman–Crippen LogP) is 3.83. The van der Waals surface area contributed by atoms with Crippen LogP contribution < -0.4 is 5.32 Å². The molecular weight excluding hydrogens is 382 g/mol. The molecule has 1 N–H and O–H groups in total. The number of carbonyl (C=O) groups excluding carboxylic acids is 1. The molecule has 3 aromatic rings. The number of rotatable bonds is 7. The first kappa shape index (κ1) is 19.7. The number of nitrogens with zero attached hydrogens (tertiary/aromatic N) is 4. The van der Waals surface area contributed by atoms with Crippen LogP contribution in [-0.4, -0.2) is 38.8 Å². The van der Waals surface area contributed by atoms with Crippen molar-refractivity contribution in [1.82, 2.24) is 25.2 Å². The summed E-state index contributed by atoms with van der Waals surface area (Å²) in [5, 5.41) is 6.48. The van der Waals surface area contributed by atoms with E-state index in [-0.39, 0.29) is 11.9 Å². The summed E-state index contributed by atoms with van der Waals surface area (Å²) in [6.45, 7) is 2.16. The van der Waals surface area contributed by atoms with E-state index in [1.165, 1.54) is 5.56 Å². The minimum atomic E-state index is 0.0661. The van der Waals surface area contributed by atoms with Gasteiger partial charge in [-0.05, 0) is 24.5 Å². The maximum atomic E-state index is 12.5. The van der Waals surface area contributed by atoms with E-state index in [4.69, 9.17) is 0 Å². The number of thiazole rings is 1. The maximum Gasteiger partial charge on any atom is 0.222 e. The summed E-state index contributed by atoms with van der Waals surface area (Å²) in [6.07, 6.45) is 7.33. The van der Waals surface area contributed by atoms with Crippen molar-refractivity contribution >= 4 is 17.2 Å². The first-order valence-corrected chi connectivity index (χ1v) is 11.0. The van der Waals surface area contributed by atoms with E-state index in [1.807, 2.05) is 28.5 Å². The fourth-order valence-electron chi connectivity index (χ4n) is 3.55. The largest absolute Gasteiger partial charge is 0.341 e. The molecule has 6 nitrogen and oxygen atoms in total. The number of nitrogens with one attached hydrogen (secondary N) is 1. The van der Waals surface area contributed by atoms with Gasteiger partial charge in [-0.1, -0.05) is 36.8 Å². The highest BCUT2D eigenvalue weighted by Gasteiger charge is 2.22. The summed E-state index contributed by atoms with van der Waals surface area (Å²) in [5.41, 5.74) is 2.15. The Morgan fingerprint density at radius 1 is 1.07 bits per heavy atom. The second-order valence-electron chi connectivity index (χ2n) is 7.21. The van der Waals surface area contributed by atoms with Crippen LogP contribution in [0.3, 0.4) is 0 Å². The van der Waals surface area contributed by atoms with Gasteiger partial charge in [-0.25, -0.2) is 15.0 Å². The van der Waals surface area contributed by atoms with Crippen molar-refractivity contribution in [1.29, 1.82) is 0 Å². The van der Waals surface area contributed by atoms with Crippen molar-refractivity contribution < 1.29 is 4.79 Å². The van der Waals surface area contributed by atoms with Gasteiger partial charge >= 0.3 is 0 Å². The Morgan fingerprint density at radius 2 is 1.90 bits per heavy atom. The second kappa shape index (κ2) is 9.71. The van der Waals surface area contributed by atoms with E-state index < -0.39 is 0 Å². The van der Waals surface area contributed by atoms with Crippen LogP contribution >= 0.6 is 11.3 Å². The second-order valence-corrected chi connectivity index (χ2v) is 8.07. The molecule has 0 radical (unpaired) electrons. The first-order chi connectivity index (χ1) is 14.3. The fourth-order valence-corrected chi connectivity index (χ4v) is 4.32. The Kier molecular flexibility index (Phi) is 6.59. The van der Waals surface area contributed by atoms with Crippen molar-refractivity contribution in [2.75, 3.05) is 13.1 Å². The van der Waals surface area contributed by atoms with Crippen LogP contribution in [-0.2, 0) is 11.3 Å². The van der Waals surface area contributed by atoms with Gasteiger partial charge in [0, 0.05) is 43.8 Å². The monoisotopic (exact) mass is 407 g/mol. The molecule has 150 valence electrons. The lowest BCUT2D eigenvalue weighted by Gasteiger charge is -2.27. The van der Waals surface area contributed by atoms with E-state index in [0.29, 0.717) is 25.3 Å². The van der Waals surface area contributed by atoms with Gasteiger partial charge in [-0.3, -0.25) is 4.79 Å². The number of amides is 1. The van der Waals surface area contributed by atoms with E-state index in [9.17, 15) is 4.79 Å². The molecule has 0 aliphatic carbocycles. The van der Waals surface area contributed by atoms with Gasteiger partial charge in [0.05, 0.1) is 11.7 Å². The molecule has 1 aliphatic heterocycles. The normalized spacial score (nSPS) is 15.9. The number of benzene rings is 1. The molecule has 1 aliphatic rings. The van der Waals surface area contributed by atoms with Gasteiger partial charge in [0.15, 0.2) is 10.8 Å². The summed E-state index contributed by atoms with van der Waals surface area (Å²) in [6, 6.07) is 12.2. The highest BCUT2D eigenvalue weighted by atomic mass is 32.1. The summed E-state index contributed by atoms with van der Waals surface area (Å²) in [4.78, 5) is 27.7. The maximum absolute atomic E-state index is 12.5. The molecule has 7 heteroatoms. The van der Waals surface area contributed by atoms with Gasteiger partial charge in [-0.15, -0.1) is 11.3 Å². The van der Waals surface area contributed by atoms with Crippen LogP contribution in [0.5, 0.6) is 0 Å². The Morgan fingerprint density at radius 3 is 2.72 bits per heavy atom. The number of likely N-dealkylation sites (tertiary alicyclic amines) is 1. The minimum absolute atomic E-state index is 0.0661. The Hall–Kier alpha value is -2.64.